The minimum atomic E-state index is -0.712. The van der Waals surface area contributed by atoms with Crippen molar-refractivity contribution in [3.8, 4) is 5.75 Å². The largest absolute Gasteiger partial charge is 0.492 e. The molecule has 0 spiro atoms. The number of aryl methyl sites for hydroxylation is 2. The molecule has 1 saturated carbocycles. The quantitative estimate of drug-likeness (QED) is 0.899. The topological polar surface area (TPSA) is 46.5 Å². The van der Waals surface area contributed by atoms with Crippen molar-refractivity contribution in [2.24, 2.45) is 5.41 Å². The summed E-state index contributed by atoms with van der Waals surface area (Å²) < 4.78 is 5.77. The maximum absolute atomic E-state index is 11.5. The Morgan fingerprint density at radius 2 is 1.89 bits per heavy atom. The van der Waals surface area contributed by atoms with Crippen molar-refractivity contribution in [1.29, 1.82) is 0 Å². The molecule has 104 valence electrons. The van der Waals surface area contributed by atoms with Gasteiger partial charge in [-0.05, 0) is 49.9 Å². The average Bonchev–Trinajstić information content (AvgIpc) is 2.41. The first-order valence-corrected chi connectivity index (χ1v) is 6.97. The zero-order chi connectivity index (χ0) is 13.9. The number of carboxylic acid groups (broad SMARTS) is 1. The Morgan fingerprint density at radius 3 is 2.47 bits per heavy atom. The van der Waals surface area contributed by atoms with Gasteiger partial charge in [0.2, 0.25) is 0 Å². The van der Waals surface area contributed by atoms with Crippen molar-refractivity contribution in [3.63, 3.8) is 0 Å². The third-order valence-corrected chi connectivity index (χ3v) is 4.26. The van der Waals surface area contributed by atoms with Crippen LogP contribution in [0.25, 0.3) is 0 Å². The summed E-state index contributed by atoms with van der Waals surface area (Å²) in [6, 6.07) is 5.91. The van der Waals surface area contributed by atoms with E-state index in [-0.39, 0.29) is 6.61 Å². The molecule has 0 aliphatic heterocycles. The maximum Gasteiger partial charge on any atom is 0.313 e. The highest BCUT2D eigenvalue weighted by Gasteiger charge is 2.40. The molecule has 1 N–H and O–H groups in total. The highest BCUT2D eigenvalue weighted by atomic mass is 16.5. The molecule has 0 amide bonds. The van der Waals surface area contributed by atoms with Gasteiger partial charge < -0.3 is 9.84 Å². The molecule has 2 rings (SSSR count). The van der Waals surface area contributed by atoms with Gasteiger partial charge in [-0.1, -0.05) is 25.3 Å². The van der Waals surface area contributed by atoms with Gasteiger partial charge >= 0.3 is 5.97 Å². The van der Waals surface area contributed by atoms with Crippen molar-refractivity contribution in [1.82, 2.24) is 0 Å². The van der Waals surface area contributed by atoms with Crippen LogP contribution in [-0.4, -0.2) is 17.7 Å². The van der Waals surface area contributed by atoms with E-state index in [4.69, 9.17) is 4.74 Å². The Labute approximate surface area is 114 Å². The second-order valence-corrected chi connectivity index (χ2v) is 5.68. The molecule has 1 fully saturated rings. The molecule has 0 saturated heterocycles. The molecule has 0 radical (unpaired) electrons. The molecule has 0 bridgehead atoms. The summed E-state index contributed by atoms with van der Waals surface area (Å²) in [5.74, 6) is 0.0605. The van der Waals surface area contributed by atoms with Crippen LogP contribution in [0.1, 0.15) is 43.2 Å². The monoisotopic (exact) mass is 262 g/mol. The normalized spacial score (nSPS) is 18.0. The zero-order valence-electron chi connectivity index (χ0n) is 11.7. The second-order valence-electron chi connectivity index (χ2n) is 5.68. The highest BCUT2D eigenvalue weighted by molar-refractivity contribution is 5.75. The number of carbonyl (C=O) groups is 1. The van der Waals surface area contributed by atoms with Gasteiger partial charge in [0.25, 0.3) is 0 Å². The minimum absolute atomic E-state index is 0.283. The lowest BCUT2D eigenvalue weighted by Gasteiger charge is -2.32. The third kappa shape index (κ3) is 3.09. The lowest BCUT2D eigenvalue weighted by molar-refractivity contribution is -0.153. The van der Waals surface area contributed by atoms with Crippen molar-refractivity contribution in [2.75, 3.05) is 6.61 Å². The van der Waals surface area contributed by atoms with Crippen LogP contribution in [0.3, 0.4) is 0 Å². The van der Waals surface area contributed by atoms with Gasteiger partial charge in [0, 0.05) is 0 Å². The van der Waals surface area contributed by atoms with E-state index >= 15 is 0 Å². The Kier molecular flexibility index (Phi) is 4.13. The van der Waals surface area contributed by atoms with E-state index in [1.54, 1.807) is 0 Å². The Bertz CT molecular complexity index is 459. The molecule has 0 aromatic heterocycles. The summed E-state index contributed by atoms with van der Waals surface area (Å²) >= 11 is 0. The van der Waals surface area contributed by atoms with Gasteiger partial charge in [-0.15, -0.1) is 0 Å². The molecule has 0 atom stereocenters. The molecular formula is C16H22O3. The van der Waals surface area contributed by atoms with Crippen molar-refractivity contribution in [2.45, 2.75) is 46.0 Å². The van der Waals surface area contributed by atoms with Crippen LogP contribution in [0, 0.1) is 19.3 Å². The van der Waals surface area contributed by atoms with E-state index in [9.17, 15) is 9.90 Å². The highest BCUT2D eigenvalue weighted by Crippen LogP contribution is 2.37. The minimum Gasteiger partial charge on any atom is -0.492 e. The molecule has 1 aromatic rings. The summed E-state index contributed by atoms with van der Waals surface area (Å²) in [6.45, 7) is 4.37. The van der Waals surface area contributed by atoms with E-state index in [0.717, 1.165) is 37.9 Å². The van der Waals surface area contributed by atoms with Crippen LogP contribution in [0.15, 0.2) is 18.2 Å². The summed E-state index contributed by atoms with van der Waals surface area (Å²) in [5, 5.41) is 9.49. The lowest BCUT2D eigenvalue weighted by atomic mass is 9.75. The fourth-order valence-corrected chi connectivity index (χ4v) is 2.67. The molecule has 0 heterocycles. The Morgan fingerprint density at radius 1 is 1.21 bits per heavy atom. The predicted octanol–water partition coefficient (Wildman–Crippen LogP) is 3.72. The van der Waals surface area contributed by atoms with E-state index in [1.165, 1.54) is 11.1 Å². The molecule has 19 heavy (non-hydrogen) atoms. The van der Waals surface area contributed by atoms with E-state index in [0.29, 0.717) is 0 Å². The van der Waals surface area contributed by atoms with E-state index in [2.05, 4.69) is 6.92 Å². The number of hydrogen-bond acceptors (Lipinski definition) is 2. The lowest BCUT2D eigenvalue weighted by Crippen LogP contribution is -2.39. The summed E-state index contributed by atoms with van der Waals surface area (Å²) in [4.78, 5) is 11.5. The smallest absolute Gasteiger partial charge is 0.313 e. The molecule has 1 aliphatic rings. The van der Waals surface area contributed by atoms with Gasteiger partial charge in [0.05, 0.1) is 0 Å². The van der Waals surface area contributed by atoms with Gasteiger partial charge in [0.1, 0.15) is 17.8 Å². The van der Waals surface area contributed by atoms with Crippen LogP contribution in [0.4, 0.5) is 0 Å². The molecule has 1 aromatic carbocycles. The summed E-state index contributed by atoms with van der Waals surface area (Å²) in [5.41, 5.74) is 1.71. The number of hydrogen-bond donors (Lipinski definition) is 1. The van der Waals surface area contributed by atoms with Crippen molar-refractivity contribution in [3.05, 3.63) is 29.3 Å². The van der Waals surface area contributed by atoms with Crippen LogP contribution >= 0.6 is 0 Å². The SMILES string of the molecule is Cc1ccc(OCC2(C(=O)O)CCCCC2)cc1C. The van der Waals surface area contributed by atoms with E-state index < -0.39 is 11.4 Å². The van der Waals surface area contributed by atoms with Gasteiger partial charge in [0.15, 0.2) is 0 Å². The second kappa shape index (κ2) is 5.64. The standard InChI is InChI=1S/C16H22O3/c1-12-6-7-14(10-13(12)2)19-11-16(15(17)18)8-4-3-5-9-16/h6-7,10H,3-5,8-9,11H2,1-2H3,(H,17,18). The van der Waals surface area contributed by atoms with Crippen LogP contribution in [0.2, 0.25) is 0 Å². The van der Waals surface area contributed by atoms with Gasteiger partial charge in [-0.3, -0.25) is 4.79 Å². The average molecular weight is 262 g/mol. The predicted molar refractivity (Wildman–Crippen MR) is 74.6 cm³/mol. The fraction of sp³-hybridized carbons (Fsp3) is 0.562. The molecule has 1 aliphatic carbocycles. The van der Waals surface area contributed by atoms with Crippen molar-refractivity contribution >= 4 is 5.97 Å². The zero-order valence-corrected chi connectivity index (χ0v) is 11.7. The Balaban J connectivity index is 2.06. The number of benzene rings is 1. The van der Waals surface area contributed by atoms with E-state index in [1.807, 2.05) is 25.1 Å². The molecule has 0 unspecified atom stereocenters. The van der Waals surface area contributed by atoms with Crippen LogP contribution < -0.4 is 4.74 Å². The molecule has 3 nitrogen and oxygen atoms in total. The van der Waals surface area contributed by atoms with Crippen molar-refractivity contribution < 1.29 is 14.6 Å². The Hall–Kier alpha value is -1.51. The number of ether oxygens (including phenoxy) is 1. The van der Waals surface area contributed by atoms with Crippen LogP contribution in [0.5, 0.6) is 5.75 Å². The molecular weight excluding hydrogens is 240 g/mol. The summed E-state index contributed by atoms with van der Waals surface area (Å²) in [6.07, 6.45) is 4.57. The number of rotatable bonds is 4. The van der Waals surface area contributed by atoms with Crippen LogP contribution in [-0.2, 0) is 4.79 Å². The third-order valence-electron chi connectivity index (χ3n) is 4.26. The van der Waals surface area contributed by atoms with Gasteiger partial charge in [-0.25, -0.2) is 0 Å². The number of aliphatic carboxylic acids is 1. The summed E-state index contributed by atoms with van der Waals surface area (Å²) in [7, 11) is 0. The maximum atomic E-state index is 11.5. The first-order chi connectivity index (χ1) is 9.03. The number of carboxylic acids is 1. The first kappa shape index (κ1) is 13.9. The van der Waals surface area contributed by atoms with Gasteiger partial charge in [-0.2, -0.15) is 0 Å². The fourth-order valence-electron chi connectivity index (χ4n) is 2.67. The first-order valence-electron chi connectivity index (χ1n) is 6.97. The molecule has 3 heteroatoms.